The van der Waals surface area contributed by atoms with E-state index >= 15 is 0 Å². The maximum Gasteiger partial charge on any atom is 0.211 e. The summed E-state index contributed by atoms with van der Waals surface area (Å²) in [7, 11) is 0. The van der Waals surface area contributed by atoms with Crippen LogP contribution in [0.1, 0.15) is 0 Å². The Hall–Kier alpha value is -1.77. The standard InChI is InChI=1S/C9H8N2O/c12-6-11-9-5-10-8-4-2-1-3-7(8)9/h1-6,10H,(H,11,12). The first-order valence-corrected chi connectivity index (χ1v) is 3.68. The Balaban J connectivity index is 2.62. The topological polar surface area (TPSA) is 44.9 Å². The second-order valence-corrected chi connectivity index (χ2v) is 2.51. The Morgan fingerprint density at radius 1 is 1.33 bits per heavy atom. The Morgan fingerprint density at radius 3 is 3.00 bits per heavy atom. The van der Waals surface area contributed by atoms with Crippen LogP contribution in [0.4, 0.5) is 5.69 Å². The predicted octanol–water partition coefficient (Wildman–Crippen LogP) is 1.74. The predicted molar refractivity (Wildman–Crippen MR) is 48.0 cm³/mol. The van der Waals surface area contributed by atoms with E-state index in [0.29, 0.717) is 6.41 Å². The number of amides is 1. The molecule has 60 valence electrons. The Labute approximate surface area is 69.4 Å². The van der Waals surface area contributed by atoms with Crippen molar-refractivity contribution in [3.63, 3.8) is 0 Å². The van der Waals surface area contributed by atoms with Crippen LogP contribution >= 0.6 is 0 Å². The minimum absolute atomic E-state index is 0.676. The molecule has 12 heavy (non-hydrogen) atoms. The van der Waals surface area contributed by atoms with Gasteiger partial charge in [-0.2, -0.15) is 0 Å². The number of rotatable bonds is 2. The molecule has 0 aliphatic rings. The summed E-state index contributed by atoms with van der Waals surface area (Å²) in [5.41, 5.74) is 1.85. The maximum atomic E-state index is 10.2. The number of aromatic amines is 1. The first-order chi connectivity index (χ1) is 5.92. The van der Waals surface area contributed by atoms with E-state index in [9.17, 15) is 4.79 Å². The molecule has 0 radical (unpaired) electrons. The zero-order valence-electron chi connectivity index (χ0n) is 6.37. The number of hydrogen-bond donors (Lipinski definition) is 2. The first-order valence-electron chi connectivity index (χ1n) is 3.68. The number of fused-ring (bicyclic) bond motifs is 1. The maximum absolute atomic E-state index is 10.2. The van der Waals surface area contributed by atoms with Crippen LogP contribution in [-0.4, -0.2) is 11.4 Å². The quantitative estimate of drug-likeness (QED) is 0.646. The molecule has 0 atom stereocenters. The molecule has 1 amide bonds. The van der Waals surface area contributed by atoms with Crippen molar-refractivity contribution in [3.8, 4) is 0 Å². The molecular formula is C9H8N2O. The summed E-state index contributed by atoms with van der Waals surface area (Å²) in [5.74, 6) is 0. The molecule has 0 aliphatic carbocycles. The molecule has 3 nitrogen and oxygen atoms in total. The summed E-state index contributed by atoms with van der Waals surface area (Å²) in [6, 6.07) is 7.80. The van der Waals surface area contributed by atoms with E-state index in [1.165, 1.54) is 0 Å². The third kappa shape index (κ3) is 0.955. The minimum Gasteiger partial charge on any atom is -0.359 e. The van der Waals surface area contributed by atoms with Crippen LogP contribution in [0.3, 0.4) is 0 Å². The Bertz CT molecular complexity index is 406. The Morgan fingerprint density at radius 2 is 2.17 bits per heavy atom. The van der Waals surface area contributed by atoms with Gasteiger partial charge in [0, 0.05) is 17.1 Å². The van der Waals surface area contributed by atoms with Gasteiger partial charge in [-0.25, -0.2) is 0 Å². The molecule has 1 aromatic carbocycles. The molecule has 0 fully saturated rings. The summed E-state index contributed by atoms with van der Waals surface area (Å²) in [4.78, 5) is 13.2. The van der Waals surface area contributed by atoms with Gasteiger partial charge in [0.15, 0.2) is 0 Å². The SMILES string of the molecule is O=CNc1c[nH]c2ccccc12. The summed E-state index contributed by atoms with van der Waals surface area (Å²) in [6.07, 6.45) is 2.45. The number of aromatic nitrogens is 1. The fourth-order valence-corrected chi connectivity index (χ4v) is 1.25. The van der Waals surface area contributed by atoms with Gasteiger partial charge in [-0.3, -0.25) is 4.79 Å². The second kappa shape index (κ2) is 2.70. The largest absolute Gasteiger partial charge is 0.359 e. The van der Waals surface area contributed by atoms with Gasteiger partial charge in [0.25, 0.3) is 0 Å². The number of carbonyl (C=O) groups is 1. The second-order valence-electron chi connectivity index (χ2n) is 2.51. The molecule has 1 aromatic heterocycles. The molecular weight excluding hydrogens is 152 g/mol. The summed E-state index contributed by atoms with van der Waals surface area (Å²) < 4.78 is 0. The molecule has 2 aromatic rings. The lowest BCUT2D eigenvalue weighted by Gasteiger charge is -1.92. The van der Waals surface area contributed by atoms with E-state index in [1.807, 2.05) is 24.3 Å². The van der Waals surface area contributed by atoms with Crippen molar-refractivity contribution >= 4 is 23.0 Å². The summed E-state index contributed by atoms with van der Waals surface area (Å²) in [5, 5.41) is 3.65. The number of carbonyl (C=O) groups excluding carboxylic acids is 1. The van der Waals surface area contributed by atoms with Crippen molar-refractivity contribution in [1.82, 2.24) is 4.98 Å². The third-order valence-electron chi connectivity index (χ3n) is 1.80. The highest BCUT2D eigenvalue weighted by Gasteiger charge is 1.99. The average molecular weight is 160 g/mol. The zero-order chi connectivity index (χ0) is 8.39. The van der Waals surface area contributed by atoms with Crippen LogP contribution in [0, 0.1) is 0 Å². The molecule has 2 N–H and O–H groups in total. The van der Waals surface area contributed by atoms with Crippen molar-refractivity contribution in [2.45, 2.75) is 0 Å². The van der Waals surface area contributed by atoms with Crippen LogP contribution < -0.4 is 5.32 Å². The van der Waals surface area contributed by atoms with Gasteiger partial charge < -0.3 is 10.3 Å². The van der Waals surface area contributed by atoms with Gasteiger partial charge in [0.1, 0.15) is 0 Å². The molecule has 1 heterocycles. The summed E-state index contributed by atoms with van der Waals surface area (Å²) in [6.45, 7) is 0. The number of para-hydroxylation sites is 1. The van der Waals surface area contributed by atoms with E-state index in [2.05, 4.69) is 10.3 Å². The van der Waals surface area contributed by atoms with Gasteiger partial charge in [-0.05, 0) is 6.07 Å². The smallest absolute Gasteiger partial charge is 0.211 e. The molecule has 0 saturated heterocycles. The van der Waals surface area contributed by atoms with Crippen molar-refractivity contribution in [3.05, 3.63) is 30.5 Å². The molecule has 0 saturated carbocycles. The third-order valence-corrected chi connectivity index (χ3v) is 1.80. The lowest BCUT2D eigenvalue weighted by atomic mass is 10.2. The van der Waals surface area contributed by atoms with Gasteiger partial charge in [0.05, 0.1) is 5.69 Å². The number of nitrogens with one attached hydrogen (secondary N) is 2. The molecule has 0 bridgehead atoms. The van der Waals surface area contributed by atoms with Crippen molar-refractivity contribution in [2.24, 2.45) is 0 Å². The van der Waals surface area contributed by atoms with E-state index in [4.69, 9.17) is 0 Å². The Kier molecular flexibility index (Phi) is 1.55. The zero-order valence-corrected chi connectivity index (χ0v) is 6.37. The first kappa shape index (κ1) is 6.91. The van der Waals surface area contributed by atoms with Crippen molar-refractivity contribution in [2.75, 3.05) is 5.32 Å². The highest BCUT2D eigenvalue weighted by Crippen LogP contribution is 2.21. The monoisotopic (exact) mass is 160 g/mol. The van der Waals surface area contributed by atoms with Gasteiger partial charge in [-0.1, -0.05) is 18.2 Å². The van der Waals surface area contributed by atoms with E-state index in [-0.39, 0.29) is 0 Å². The molecule has 0 unspecified atom stereocenters. The van der Waals surface area contributed by atoms with E-state index in [0.717, 1.165) is 16.6 Å². The molecule has 0 spiro atoms. The summed E-state index contributed by atoms with van der Waals surface area (Å²) >= 11 is 0. The van der Waals surface area contributed by atoms with Crippen LogP contribution in [0.5, 0.6) is 0 Å². The van der Waals surface area contributed by atoms with E-state index in [1.54, 1.807) is 6.20 Å². The van der Waals surface area contributed by atoms with Crippen LogP contribution in [0.25, 0.3) is 10.9 Å². The number of anilines is 1. The highest BCUT2D eigenvalue weighted by atomic mass is 16.1. The highest BCUT2D eigenvalue weighted by molar-refractivity contribution is 5.96. The van der Waals surface area contributed by atoms with E-state index < -0.39 is 0 Å². The lowest BCUT2D eigenvalue weighted by Crippen LogP contribution is -1.91. The van der Waals surface area contributed by atoms with Crippen LogP contribution in [-0.2, 0) is 4.79 Å². The number of hydrogen-bond acceptors (Lipinski definition) is 1. The minimum atomic E-state index is 0.676. The fourth-order valence-electron chi connectivity index (χ4n) is 1.25. The van der Waals surface area contributed by atoms with Crippen LogP contribution in [0.2, 0.25) is 0 Å². The molecule has 3 heteroatoms. The normalized spacial score (nSPS) is 10.0. The molecule has 2 rings (SSSR count). The van der Waals surface area contributed by atoms with Gasteiger partial charge in [0.2, 0.25) is 6.41 Å². The van der Waals surface area contributed by atoms with Gasteiger partial charge >= 0.3 is 0 Å². The van der Waals surface area contributed by atoms with Crippen LogP contribution in [0.15, 0.2) is 30.5 Å². The molecule has 0 aliphatic heterocycles. The number of H-pyrrole nitrogens is 1. The fraction of sp³-hybridized carbons (Fsp3) is 0. The van der Waals surface area contributed by atoms with Gasteiger partial charge in [-0.15, -0.1) is 0 Å². The lowest BCUT2D eigenvalue weighted by molar-refractivity contribution is -0.105. The van der Waals surface area contributed by atoms with Crippen molar-refractivity contribution < 1.29 is 4.79 Å². The van der Waals surface area contributed by atoms with Crippen molar-refractivity contribution in [1.29, 1.82) is 0 Å². The number of benzene rings is 1. The average Bonchev–Trinajstić information content (AvgIpc) is 2.50.